The molecule has 0 saturated heterocycles. The summed E-state index contributed by atoms with van der Waals surface area (Å²) in [7, 11) is 0. The lowest BCUT2D eigenvalue weighted by Gasteiger charge is -2.25. The zero-order chi connectivity index (χ0) is 14.2. The largest absolute Gasteiger partial charge is 0.385 e. The number of carbonyl (C=O) groups excluding carboxylic acids is 1. The molecule has 0 saturated carbocycles. The van der Waals surface area contributed by atoms with Gasteiger partial charge in [0.15, 0.2) is 0 Å². The number of carbonyl (C=O) groups is 1. The van der Waals surface area contributed by atoms with Gasteiger partial charge >= 0.3 is 0 Å². The third-order valence-electron chi connectivity index (χ3n) is 3.41. The number of anilines is 1. The summed E-state index contributed by atoms with van der Waals surface area (Å²) in [6.45, 7) is 6.24. The summed E-state index contributed by atoms with van der Waals surface area (Å²) in [5.41, 5.74) is 2.16. The van der Waals surface area contributed by atoms with E-state index in [2.05, 4.69) is 17.2 Å². The molecule has 4 heteroatoms. The fourth-order valence-electron chi connectivity index (χ4n) is 2.38. The lowest BCUT2D eigenvalue weighted by molar-refractivity contribution is -0.122. The Kier molecular flexibility index (Phi) is 5.62. The smallest absolute Gasteiger partial charge is 0.227 e. The van der Waals surface area contributed by atoms with E-state index in [4.69, 9.17) is 4.74 Å². The van der Waals surface area contributed by atoms with Crippen molar-refractivity contribution in [2.45, 2.75) is 18.8 Å². The number of rotatable bonds is 7. The van der Waals surface area contributed by atoms with E-state index in [1.807, 2.05) is 30.3 Å². The number of para-hydroxylation sites is 1. The maximum Gasteiger partial charge on any atom is 0.227 e. The van der Waals surface area contributed by atoms with Crippen molar-refractivity contribution in [2.75, 3.05) is 31.6 Å². The van der Waals surface area contributed by atoms with Gasteiger partial charge in [-0.15, -0.1) is 6.58 Å². The van der Waals surface area contributed by atoms with E-state index in [0.29, 0.717) is 19.8 Å². The van der Waals surface area contributed by atoms with Crippen molar-refractivity contribution in [2.24, 2.45) is 0 Å². The summed E-state index contributed by atoms with van der Waals surface area (Å²) in [4.78, 5) is 12.2. The topological polar surface area (TPSA) is 50.4 Å². The molecule has 0 aliphatic carbocycles. The van der Waals surface area contributed by atoms with Crippen molar-refractivity contribution in [1.29, 1.82) is 0 Å². The maximum absolute atomic E-state index is 12.2. The van der Waals surface area contributed by atoms with Gasteiger partial charge in [-0.2, -0.15) is 0 Å². The molecular weight excluding hydrogens is 252 g/mol. The van der Waals surface area contributed by atoms with Gasteiger partial charge in [0.1, 0.15) is 0 Å². The summed E-state index contributed by atoms with van der Waals surface area (Å²) in [5, 5.41) is 6.28. The molecule has 2 rings (SSSR count). The third-order valence-corrected chi connectivity index (χ3v) is 3.41. The van der Waals surface area contributed by atoms with Gasteiger partial charge in [0.05, 0.1) is 19.1 Å². The van der Waals surface area contributed by atoms with Crippen LogP contribution < -0.4 is 10.6 Å². The number of hydrogen-bond acceptors (Lipinski definition) is 3. The third kappa shape index (κ3) is 3.84. The molecule has 20 heavy (non-hydrogen) atoms. The Morgan fingerprint density at radius 1 is 1.45 bits per heavy atom. The lowest BCUT2D eigenvalue weighted by Crippen LogP contribution is -2.34. The number of nitrogens with one attached hydrogen (secondary N) is 2. The second-order valence-electron chi connectivity index (χ2n) is 4.84. The van der Waals surface area contributed by atoms with E-state index < -0.39 is 0 Å². The minimum absolute atomic E-state index is 0.0550. The van der Waals surface area contributed by atoms with Crippen LogP contribution in [0.2, 0.25) is 0 Å². The summed E-state index contributed by atoms with van der Waals surface area (Å²) >= 11 is 0. The van der Waals surface area contributed by atoms with Crippen LogP contribution in [0, 0.1) is 0 Å². The molecule has 0 bridgehead atoms. The molecule has 1 amide bonds. The molecule has 1 unspecified atom stereocenters. The number of amides is 1. The molecule has 1 aliphatic heterocycles. The van der Waals surface area contributed by atoms with Crippen LogP contribution in [-0.4, -0.2) is 32.2 Å². The van der Waals surface area contributed by atoms with Crippen LogP contribution in [0.4, 0.5) is 5.69 Å². The minimum Gasteiger partial charge on any atom is -0.385 e. The average molecular weight is 274 g/mol. The van der Waals surface area contributed by atoms with Crippen molar-refractivity contribution in [3.63, 3.8) is 0 Å². The lowest BCUT2D eigenvalue weighted by atomic mass is 9.90. The Hall–Kier alpha value is -1.81. The van der Waals surface area contributed by atoms with Gasteiger partial charge in [0, 0.05) is 18.8 Å². The van der Waals surface area contributed by atoms with Crippen LogP contribution in [0.1, 0.15) is 24.3 Å². The molecule has 0 spiro atoms. The monoisotopic (exact) mass is 274 g/mol. The zero-order valence-electron chi connectivity index (χ0n) is 11.7. The highest BCUT2D eigenvalue weighted by atomic mass is 16.5. The summed E-state index contributed by atoms with van der Waals surface area (Å²) in [5.74, 6) is 0.0342. The highest BCUT2D eigenvalue weighted by Gasteiger charge is 2.25. The zero-order valence-corrected chi connectivity index (χ0v) is 11.7. The molecule has 1 heterocycles. The predicted molar refractivity (Wildman–Crippen MR) is 80.9 cm³/mol. The molecule has 1 aliphatic rings. The Morgan fingerprint density at radius 2 is 2.30 bits per heavy atom. The van der Waals surface area contributed by atoms with Crippen molar-refractivity contribution in [3.8, 4) is 0 Å². The van der Waals surface area contributed by atoms with E-state index in [-0.39, 0.29) is 11.8 Å². The van der Waals surface area contributed by atoms with Gasteiger partial charge < -0.3 is 15.4 Å². The summed E-state index contributed by atoms with van der Waals surface area (Å²) in [6.07, 6.45) is 3.50. The van der Waals surface area contributed by atoms with E-state index in [0.717, 1.165) is 30.6 Å². The molecule has 1 aromatic carbocycles. The van der Waals surface area contributed by atoms with Gasteiger partial charge in [0.2, 0.25) is 5.91 Å². The number of hydrogen-bond donors (Lipinski definition) is 2. The number of fused-ring (bicyclic) bond motifs is 1. The van der Waals surface area contributed by atoms with E-state index in [1.165, 1.54) is 0 Å². The molecule has 4 nitrogen and oxygen atoms in total. The van der Waals surface area contributed by atoms with E-state index >= 15 is 0 Å². The van der Waals surface area contributed by atoms with Crippen molar-refractivity contribution in [1.82, 2.24) is 5.32 Å². The standard InChI is InChI=1S/C16H22N2O2/c1-2-3-11-20-12-10-18-16(19)14-8-9-17-15-7-5-4-6-13(14)15/h2,4-7,14,17H,1,3,8-12H2,(H,18,19). The van der Waals surface area contributed by atoms with Gasteiger partial charge in [0.25, 0.3) is 0 Å². The highest BCUT2D eigenvalue weighted by molar-refractivity contribution is 5.86. The van der Waals surface area contributed by atoms with Crippen LogP contribution in [0.5, 0.6) is 0 Å². The molecular formula is C16H22N2O2. The van der Waals surface area contributed by atoms with Crippen molar-refractivity contribution < 1.29 is 9.53 Å². The highest BCUT2D eigenvalue weighted by Crippen LogP contribution is 2.31. The minimum atomic E-state index is -0.0550. The van der Waals surface area contributed by atoms with Crippen molar-refractivity contribution >= 4 is 11.6 Å². The molecule has 0 aromatic heterocycles. The normalized spacial score (nSPS) is 16.9. The van der Waals surface area contributed by atoms with Crippen LogP contribution in [-0.2, 0) is 9.53 Å². The van der Waals surface area contributed by atoms with E-state index in [1.54, 1.807) is 0 Å². The van der Waals surface area contributed by atoms with Gasteiger partial charge in [-0.3, -0.25) is 4.79 Å². The number of benzene rings is 1. The first-order valence-electron chi connectivity index (χ1n) is 7.12. The van der Waals surface area contributed by atoms with Gasteiger partial charge in [-0.05, 0) is 24.5 Å². The Morgan fingerprint density at radius 3 is 3.15 bits per heavy atom. The Bertz CT molecular complexity index is 460. The molecule has 1 atom stereocenters. The average Bonchev–Trinajstić information content (AvgIpc) is 2.50. The quantitative estimate of drug-likeness (QED) is 0.592. The van der Waals surface area contributed by atoms with Crippen LogP contribution >= 0.6 is 0 Å². The van der Waals surface area contributed by atoms with Crippen LogP contribution in [0.25, 0.3) is 0 Å². The SMILES string of the molecule is C=CCCOCCNC(=O)C1CCNc2ccccc21. The first kappa shape index (κ1) is 14.6. The molecule has 108 valence electrons. The summed E-state index contributed by atoms with van der Waals surface area (Å²) < 4.78 is 5.38. The Balaban J connectivity index is 1.80. The van der Waals surface area contributed by atoms with Crippen LogP contribution in [0.3, 0.4) is 0 Å². The fraction of sp³-hybridized carbons (Fsp3) is 0.438. The second-order valence-corrected chi connectivity index (χ2v) is 4.84. The molecule has 0 fully saturated rings. The second kappa shape index (κ2) is 7.70. The van der Waals surface area contributed by atoms with Gasteiger partial charge in [-0.25, -0.2) is 0 Å². The first-order valence-corrected chi connectivity index (χ1v) is 7.12. The van der Waals surface area contributed by atoms with Crippen molar-refractivity contribution in [3.05, 3.63) is 42.5 Å². The molecule has 0 radical (unpaired) electrons. The van der Waals surface area contributed by atoms with Gasteiger partial charge in [-0.1, -0.05) is 24.3 Å². The molecule has 2 N–H and O–H groups in total. The van der Waals surface area contributed by atoms with Crippen LogP contribution in [0.15, 0.2) is 36.9 Å². The maximum atomic E-state index is 12.2. The first-order chi connectivity index (χ1) is 9.83. The summed E-state index contributed by atoms with van der Waals surface area (Å²) in [6, 6.07) is 8.00. The fourth-order valence-corrected chi connectivity index (χ4v) is 2.38. The number of ether oxygens (including phenoxy) is 1. The van der Waals surface area contributed by atoms with E-state index in [9.17, 15) is 4.79 Å². The Labute approximate surface area is 120 Å². The molecule has 1 aromatic rings. The predicted octanol–water partition coefficient (Wildman–Crippen LogP) is 2.29.